The molecule has 0 aromatic heterocycles. The molecule has 0 heterocycles. The van der Waals surface area contributed by atoms with Crippen molar-refractivity contribution in [2.24, 2.45) is 0 Å². The van der Waals surface area contributed by atoms with Gasteiger partial charge in [0.25, 0.3) is 10.0 Å². The first-order valence-corrected chi connectivity index (χ1v) is 7.23. The second kappa shape index (κ2) is 5.01. The zero-order chi connectivity index (χ0) is 14.0. The molecule has 0 atom stereocenters. The van der Waals surface area contributed by atoms with E-state index < -0.39 is 15.8 Å². The first kappa shape index (κ1) is 13.5. The number of para-hydroxylation sites is 1. The molecule has 100 valence electrons. The molecule has 0 radical (unpaired) electrons. The lowest BCUT2D eigenvalue weighted by Gasteiger charge is -2.10. The summed E-state index contributed by atoms with van der Waals surface area (Å²) in [6.07, 6.45) is 0. The van der Waals surface area contributed by atoms with Gasteiger partial charge in [-0.15, -0.1) is 0 Å². The fraction of sp³-hybridized carbons (Fsp3) is 0.143. The monoisotopic (exact) mass is 279 g/mol. The van der Waals surface area contributed by atoms with Gasteiger partial charge >= 0.3 is 0 Å². The van der Waals surface area contributed by atoms with Gasteiger partial charge in [0.15, 0.2) is 0 Å². The van der Waals surface area contributed by atoms with Crippen molar-refractivity contribution in [2.75, 3.05) is 4.72 Å². The molecule has 2 rings (SSSR count). The van der Waals surface area contributed by atoms with Gasteiger partial charge in [-0.25, -0.2) is 12.8 Å². The van der Waals surface area contributed by atoms with Crippen LogP contribution in [0.25, 0.3) is 0 Å². The van der Waals surface area contributed by atoms with E-state index in [9.17, 15) is 12.8 Å². The number of aryl methyl sites for hydroxylation is 2. The van der Waals surface area contributed by atoms with Crippen LogP contribution in [0.3, 0.4) is 0 Å². The van der Waals surface area contributed by atoms with Crippen LogP contribution in [0, 0.1) is 19.7 Å². The number of benzene rings is 2. The van der Waals surface area contributed by atoms with Crippen LogP contribution >= 0.6 is 0 Å². The van der Waals surface area contributed by atoms with E-state index in [1.54, 1.807) is 18.2 Å². The maximum absolute atomic E-state index is 13.5. The van der Waals surface area contributed by atoms with Gasteiger partial charge in [-0.05, 0) is 49.2 Å². The summed E-state index contributed by atoms with van der Waals surface area (Å²) in [4.78, 5) is 0.124. The predicted molar refractivity (Wildman–Crippen MR) is 73.1 cm³/mol. The van der Waals surface area contributed by atoms with Crippen LogP contribution in [0.4, 0.5) is 10.1 Å². The van der Waals surface area contributed by atoms with E-state index in [1.807, 2.05) is 13.8 Å². The van der Waals surface area contributed by atoms with Gasteiger partial charge in [-0.1, -0.05) is 18.2 Å². The lowest BCUT2D eigenvalue weighted by Crippen LogP contribution is -2.14. The summed E-state index contributed by atoms with van der Waals surface area (Å²) < 4.78 is 40.0. The Bertz CT molecular complexity index is 711. The first-order chi connectivity index (χ1) is 8.90. The summed E-state index contributed by atoms with van der Waals surface area (Å²) >= 11 is 0. The second-order valence-corrected chi connectivity index (χ2v) is 6.01. The average Bonchev–Trinajstić information content (AvgIpc) is 2.35. The van der Waals surface area contributed by atoms with Crippen LogP contribution in [0.2, 0.25) is 0 Å². The highest BCUT2D eigenvalue weighted by molar-refractivity contribution is 7.92. The summed E-state index contributed by atoms with van der Waals surface area (Å²) in [6.45, 7) is 3.73. The SMILES string of the molecule is Cc1ccc(S(=O)(=O)Nc2ccccc2F)cc1C. The van der Waals surface area contributed by atoms with E-state index >= 15 is 0 Å². The van der Waals surface area contributed by atoms with E-state index in [0.29, 0.717) is 0 Å². The molecule has 2 aromatic carbocycles. The van der Waals surface area contributed by atoms with E-state index in [4.69, 9.17) is 0 Å². The van der Waals surface area contributed by atoms with E-state index in [1.165, 1.54) is 24.3 Å². The number of anilines is 1. The van der Waals surface area contributed by atoms with Gasteiger partial charge in [-0.3, -0.25) is 4.72 Å². The van der Waals surface area contributed by atoms with Crippen LogP contribution in [-0.2, 0) is 10.0 Å². The molecule has 0 bridgehead atoms. The molecule has 0 unspecified atom stereocenters. The van der Waals surface area contributed by atoms with Crippen LogP contribution in [0.1, 0.15) is 11.1 Å². The third kappa shape index (κ3) is 2.93. The molecule has 5 heteroatoms. The van der Waals surface area contributed by atoms with E-state index in [2.05, 4.69) is 4.72 Å². The normalized spacial score (nSPS) is 11.3. The summed E-state index contributed by atoms with van der Waals surface area (Å²) in [7, 11) is -3.77. The van der Waals surface area contributed by atoms with Gasteiger partial charge in [0, 0.05) is 0 Å². The number of hydrogen-bond donors (Lipinski definition) is 1. The fourth-order valence-corrected chi connectivity index (χ4v) is 2.78. The lowest BCUT2D eigenvalue weighted by atomic mass is 10.1. The highest BCUT2D eigenvalue weighted by Crippen LogP contribution is 2.20. The van der Waals surface area contributed by atoms with Crippen LogP contribution < -0.4 is 4.72 Å². The minimum Gasteiger partial charge on any atom is -0.277 e. The van der Waals surface area contributed by atoms with Gasteiger partial charge in [-0.2, -0.15) is 0 Å². The minimum absolute atomic E-state index is 0.0549. The highest BCUT2D eigenvalue weighted by atomic mass is 32.2. The number of sulfonamides is 1. The Morgan fingerprint density at radius 2 is 1.68 bits per heavy atom. The third-order valence-electron chi connectivity index (χ3n) is 2.91. The Kier molecular flexibility index (Phi) is 3.57. The van der Waals surface area contributed by atoms with Crippen molar-refractivity contribution in [1.82, 2.24) is 0 Å². The molecule has 0 spiro atoms. The standard InChI is InChI=1S/C14H14FNO2S/c1-10-7-8-12(9-11(10)2)19(17,18)16-14-6-4-3-5-13(14)15/h3-9,16H,1-2H3. The van der Waals surface area contributed by atoms with Crippen molar-refractivity contribution in [1.29, 1.82) is 0 Å². The fourth-order valence-electron chi connectivity index (χ4n) is 1.63. The molecular formula is C14H14FNO2S. The summed E-state index contributed by atoms with van der Waals surface area (Å²) in [5.41, 5.74) is 1.82. The van der Waals surface area contributed by atoms with Gasteiger partial charge in [0.2, 0.25) is 0 Å². The summed E-state index contributed by atoms with van der Waals surface area (Å²) in [5.74, 6) is -0.602. The first-order valence-electron chi connectivity index (χ1n) is 5.75. The van der Waals surface area contributed by atoms with Crippen molar-refractivity contribution in [3.05, 3.63) is 59.4 Å². The number of nitrogens with one attached hydrogen (secondary N) is 1. The Labute approximate surface area is 112 Å². The van der Waals surface area contributed by atoms with Crippen LogP contribution in [0.5, 0.6) is 0 Å². The number of rotatable bonds is 3. The maximum Gasteiger partial charge on any atom is 0.261 e. The van der Waals surface area contributed by atoms with E-state index in [0.717, 1.165) is 11.1 Å². The molecule has 3 nitrogen and oxygen atoms in total. The van der Waals surface area contributed by atoms with Crippen molar-refractivity contribution < 1.29 is 12.8 Å². The van der Waals surface area contributed by atoms with Crippen molar-refractivity contribution in [2.45, 2.75) is 18.7 Å². The Morgan fingerprint density at radius 3 is 2.32 bits per heavy atom. The van der Waals surface area contributed by atoms with Crippen molar-refractivity contribution in [3.63, 3.8) is 0 Å². The van der Waals surface area contributed by atoms with Gasteiger partial charge in [0.05, 0.1) is 10.6 Å². The molecule has 0 aliphatic rings. The largest absolute Gasteiger partial charge is 0.277 e. The number of halogens is 1. The zero-order valence-corrected chi connectivity index (χ0v) is 11.5. The molecule has 2 aromatic rings. The smallest absolute Gasteiger partial charge is 0.261 e. The molecule has 1 N–H and O–H groups in total. The van der Waals surface area contributed by atoms with Crippen LogP contribution in [0.15, 0.2) is 47.4 Å². The molecule has 0 saturated heterocycles. The molecule has 0 fully saturated rings. The Morgan fingerprint density at radius 1 is 1.00 bits per heavy atom. The predicted octanol–water partition coefficient (Wildman–Crippen LogP) is 3.24. The quantitative estimate of drug-likeness (QED) is 0.937. The summed E-state index contributed by atoms with van der Waals surface area (Å²) in [6, 6.07) is 10.5. The minimum atomic E-state index is -3.77. The molecule has 0 aliphatic carbocycles. The van der Waals surface area contributed by atoms with Gasteiger partial charge in [0.1, 0.15) is 5.82 Å². The average molecular weight is 279 g/mol. The second-order valence-electron chi connectivity index (χ2n) is 4.33. The molecule has 19 heavy (non-hydrogen) atoms. The highest BCUT2D eigenvalue weighted by Gasteiger charge is 2.16. The molecular weight excluding hydrogens is 265 g/mol. The maximum atomic E-state index is 13.5. The molecule has 0 aliphatic heterocycles. The summed E-state index contributed by atoms with van der Waals surface area (Å²) in [5, 5.41) is 0. The van der Waals surface area contributed by atoms with Crippen molar-refractivity contribution in [3.8, 4) is 0 Å². The molecule has 0 saturated carbocycles. The van der Waals surface area contributed by atoms with Crippen molar-refractivity contribution >= 4 is 15.7 Å². The van der Waals surface area contributed by atoms with E-state index in [-0.39, 0.29) is 10.6 Å². The zero-order valence-electron chi connectivity index (χ0n) is 10.6. The third-order valence-corrected chi connectivity index (χ3v) is 4.27. The lowest BCUT2D eigenvalue weighted by molar-refractivity contribution is 0.598. The Hall–Kier alpha value is -1.88. The topological polar surface area (TPSA) is 46.2 Å². The van der Waals surface area contributed by atoms with Gasteiger partial charge < -0.3 is 0 Å². The molecule has 0 amide bonds. The Balaban J connectivity index is 2.38. The van der Waals surface area contributed by atoms with Crippen LogP contribution in [-0.4, -0.2) is 8.42 Å². The number of hydrogen-bond acceptors (Lipinski definition) is 2.